The van der Waals surface area contributed by atoms with Gasteiger partial charge in [-0.25, -0.2) is 0 Å². The first kappa shape index (κ1) is 17.1. The van der Waals surface area contributed by atoms with E-state index in [2.05, 4.69) is 11.9 Å². The summed E-state index contributed by atoms with van der Waals surface area (Å²) in [5.41, 5.74) is 2.54. The van der Waals surface area contributed by atoms with E-state index in [-0.39, 0.29) is 11.5 Å². The molecule has 0 saturated heterocycles. The van der Waals surface area contributed by atoms with Crippen LogP contribution in [-0.4, -0.2) is 31.1 Å². The summed E-state index contributed by atoms with van der Waals surface area (Å²) in [6.45, 7) is 3.97. The maximum atomic E-state index is 12.6. The Morgan fingerprint density at radius 1 is 1.32 bits per heavy atom. The fourth-order valence-electron chi connectivity index (χ4n) is 3.66. The highest BCUT2D eigenvalue weighted by atomic mass is 16.5. The monoisotopic (exact) mass is 343 g/mol. The number of ether oxygens (including phenoxy) is 2. The van der Waals surface area contributed by atoms with E-state index in [0.29, 0.717) is 29.0 Å². The molecule has 1 aliphatic heterocycles. The number of phenols is 1. The molecule has 0 spiro atoms. The molecule has 2 atom stereocenters. The number of esters is 1. The second kappa shape index (κ2) is 6.63. The molecule has 1 aromatic rings. The first-order valence-electron chi connectivity index (χ1n) is 8.14. The van der Waals surface area contributed by atoms with Gasteiger partial charge >= 0.3 is 5.97 Å². The van der Waals surface area contributed by atoms with Gasteiger partial charge in [-0.3, -0.25) is 9.59 Å². The van der Waals surface area contributed by atoms with Crippen molar-refractivity contribution in [2.45, 2.75) is 25.2 Å². The maximum Gasteiger partial charge on any atom is 0.315 e. The molecule has 132 valence electrons. The number of carbonyl (C=O) groups excluding carboxylic acids is 2. The van der Waals surface area contributed by atoms with Crippen LogP contribution in [0, 0.1) is 5.92 Å². The van der Waals surface area contributed by atoms with Gasteiger partial charge in [-0.2, -0.15) is 0 Å². The Bertz CT molecular complexity index is 780. The van der Waals surface area contributed by atoms with E-state index in [4.69, 9.17) is 9.47 Å². The molecule has 1 aliphatic carbocycles. The third kappa shape index (κ3) is 2.88. The molecular formula is C19H21NO5. The number of rotatable bonds is 3. The minimum Gasteiger partial charge on any atom is -0.504 e. The van der Waals surface area contributed by atoms with Crippen molar-refractivity contribution in [1.29, 1.82) is 0 Å². The molecule has 3 rings (SSSR count). The maximum absolute atomic E-state index is 12.6. The van der Waals surface area contributed by atoms with Crippen LogP contribution in [-0.2, 0) is 14.3 Å². The van der Waals surface area contributed by atoms with Crippen molar-refractivity contribution >= 4 is 11.8 Å². The number of carbonyl (C=O) groups is 2. The predicted molar refractivity (Wildman–Crippen MR) is 91.1 cm³/mol. The van der Waals surface area contributed by atoms with Gasteiger partial charge in [0, 0.05) is 29.3 Å². The molecule has 0 radical (unpaired) electrons. The topological polar surface area (TPSA) is 84.9 Å². The van der Waals surface area contributed by atoms with Crippen molar-refractivity contribution in [2.24, 2.45) is 5.92 Å². The highest BCUT2D eigenvalue weighted by Crippen LogP contribution is 2.45. The fraction of sp³-hybridized carbons (Fsp3) is 0.368. The number of hydrogen-bond acceptors (Lipinski definition) is 6. The minimum absolute atomic E-state index is 0.00969. The van der Waals surface area contributed by atoms with Crippen LogP contribution in [0.15, 0.2) is 41.7 Å². The minimum atomic E-state index is -0.737. The van der Waals surface area contributed by atoms with Crippen molar-refractivity contribution < 1.29 is 24.2 Å². The second-order valence-corrected chi connectivity index (χ2v) is 6.23. The number of nitrogens with one attached hydrogen (secondary N) is 1. The van der Waals surface area contributed by atoms with E-state index >= 15 is 0 Å². The molecule has 2 unspecified atom stereocenters. The average Bonchev–Trinajstić information content (AvgIpc) is 2.60. The molecule has 2 aliphatic rings. The van der Waals surface area contributed by atoms with Crippen molar-refractivity contribution in [3.05, 3.63) is 47.3 Å². The Kier molecular flexibility index (Phi) is 4.53. The Balaban J connectivity index is 2.17. The van der Waals surface area contributed by atoms with Crippen LogP contribution in [0.4, 0.5) is 0 Å². The Hall–Kier alpha value is -2.76. The lowest BCUT2D eigenvalue weighted by Gasteiger charge is -2.38. The fourth-order valence-corrected chi connectivity index (χ4v) is 3.66. The highest BCUT2D eigenvalue weighted by molar-refractivity contribution is 6.00. The van der Waals surface area contributed by atoms with Gasteiger partial charge in [0.15, 0.2) is 17.3 Å². The highest BCUT2D eigenvalue weighted by Gasteiger charge is 2.43. The number of phenolic OH excluding ortho intramolecular Hbond substituents is 1. The molecule has 1 aromatic carbocycles. The number of benzene rings is 1. The average molecular weight is 343 g/mol. The molecule has 0 saturated carbocycles. The lowest BCUT2D eigenvalue weighted by molar-refractivity contribution is -0.144. The lowest BCUT2D eigenvalue weighted by Crippen LogP contribution is -2.40. The van der Waals surface area contributed by atoms with E-state index in [1.165, 1.54) is 20.3 Å². The normalized spacial score (nSPS) is 23.0. The van der Waals surface area contributed by atoms with Gasteiger partial charge in [0.2, 0.25) is 0 Å². The molecule has 6 nitrogen and oxygen atoms in total. The summed E-state index contributed by atoms with van der Waals surface area (Å²) in [7, 11) is 2.77. The zero-order valence-electron chi connectivity index (χ0n) is 14.3. The summed E-state index contributed by atoms with van der Waals surface area (Å²) in [5, 5.41) is 13.3. The molecule has 6 heteroatoms. The van der Waals surface area contributed by atoms with Crippen molar-refractivity contribution in [1.82, 2.24) is 5.32 Å². The summed E-state index contributed by atoms with van der Waals surface area (Å²) in [6.07, 6.45) is 1.94. The third-order valence-corrected chi connectivity index (χ3v) is 4.80. The van der Waals surface area contributed by atoms with E-state index in [9.17, 15) is 14.7 Å². The molecule has 0 aromatic heterocycles. The number of allylic oxidation sites excluding steroid dienone is 2. The Labute approximate surface area is 146 Å². The van der Waals surface area contributed by atoms with Crippen molar-refractivity contribution in [2.75, 3.05) is 14.2 Å². The molecule has 0 amide bonds. The van der Waals surface area contributed by atoms with E-state index in [1.54, 1.807) is 12.1 Å². The van der Waals surface area contributed by atoms with Crippen LogP contribution < -0.4 is 10.1 Å². The van der Waals surface area contributed by atoms with Crippen LogP contribution in [0.2, 0.25) is 0 Å². The van der Waals surface area contributed by atoms with Crippen LogP contribution in [0.5, 0.6) is 11.5 Å². The van der Waals surface area contributed by atoms with Crippen molar-refractivity contribution in [3.8, 4) is 11.5 Å². The van der Waals surface area contributed by atoms with Gasteiger partial charge in [-0.05, 0) is 30.5 Å². The van der Waals surface area contributed by atoms with Gasteiger partial charge in [0.05, 0.1) is 14.2 Å². The smallest absolute Gasteiger partial charge is 0.315 e. The molecule has 25 heavy (non-hydrogen) atoms. The third-order valence-electron chi connectivity index (χ3n) is 4.80. The van der Waals surface area contributed by atoms with Crippen LogP contribution >= 0.6 is 0 Å². The SMILES string of the molecule is C=C1NC2=C(C(=O)CCC2)C(c2ccc(OC)c(O)c2)C1C(=O)OC. The van der Waals surface area contributed by atoms with Crippen LogP contribution in [0.1, 0.15) is 30.7 Å². The van der Waals surface area contributed by atoms with Crippen LogP contribution in [0.3, 0.4) is 0 Å². The summed E-state index contributed by atoms with van der Waals surface area (Å²) in [5.74, 6) is -1.45. The predicted octanol–water partition coefficient (Wildman–Crippen LogP) is 2.40. The quantitative estimate of drug-likeness (QED) is 0.820. The van der Waals surface area contributed by atoms with Gasteiger partial charge < -0.3 is 19.9 Å². The van der Waals surface area contributed by atoms with Gasteiger partial charge in [-0.1, -0.05) is 12.6 Å². The number of ketones is 1. The van der Waals surface area contributed by atoms with Gasteiger partial charge in [-0.15, -0.1) is 0 Å². The molecule has 0 bridgehead atoms. The van der Waals surface area contributed by atoms with E-state index in [0.717, 1.165) is 18.5 Å². The summed E-state index contributed by atoms with van der Waals surface area (Å²) in [4.78, 5) is 25.0. The second-order valence-electron chi connectivity index (χ2n) is 6.23. The Morgan fingerprint density at radius 2 is 2.08 bits per heavy atom. The number of Topliss-reactive ketones (excluding diaryl/α,β-unsaturated/α-hetero) is 1. The summed E-state index contributed by atoms with van der Waals surface area (Å²) < 4.78 is 10.0. The summed E-state index contributed by atoms with van der Waals surface area (Å²) in [6, 6.07) is 4.91. The Morgan fingerprint density at radius 3 is 2.72 bits per heavy atom. The largest absolute Gasteiger partial charge is 0.504 e. The van der Waals surface area contributed by atoms with Crippen LogP contribution in [0.25, 0.3) is 0 Å². The first-order chi connectivity index (χ1) is 12.0. The summed E-state index contributed by atoms with van der Waals surface area (Å²) >= 11 is 0. The molecular weight excluding hydrogens is 322 g/mol. The zero-order valence-corrected chi connectivity index (χ0v) is 14.3. The standard InChI is InChI=1S/C19H21NO5/c1-10-16(19(23)25-3)17(11-7-8-15(24-2)14(22)9-11)18-12(20-10)5-4-6-13(18)21/h7-9,16-17,20,22H,1,4-6H2,2-3H3. The zero-order chi connectivity index (χ0) is 18.1. The van der Waals surface area contributed by atoms with Gasteiger partial charge in [0.25, 0.3) is 0 Å². The van der Waals surface area contributed by atoms with Gasteiger partial charge in [0.1, 0.15) is 5.92 Å². The number of methoxy groups -OCH3 is 2. The van der Waals surface area contributed by atoms with E-state index in [1.807, 2.05) is 0 Å². The first-order valence-corrected chi connectivity index (χ1v) is 8.14. The number of hydrogen-bond donors (Lipinski definition) is 2. The molecule has 2 N–H and O–H groups in total. The lowest BCUT2D eigenvalue weighted by atomic mass is 9.71. The molecule has 1 heterocycles. The van der Waals surface area contributed by atoms with Crippen molar-refractivity contribution in [3.63, 3.8) is 0 Å². The molecule has 0 fully saturated rings. The number of aromatic hydroxyl groups is 1. The van der Waals surface area contributed by atoms with E-state index < -0.39 is 17.8 Å².